The van der Waals surface area contributed by atoms with Crippen LogP contribution in [0.1, 0.15) is 0 Å². The van der Waals surface area contributed by atoms with Crippen molar-refractivity contribution in [1.29, 1.82) is 0 Å². The lowest BCUT2D eigenvalue weighted by Crippen LogP contribution is -2.06. The predicted molar refractivity (Wildman–Crippen MR) is 203 cm³/mol. The fourth-order valence-electron chi connectivity index (χ4n) is 7.03. The molecule has 0 N–H and O–H groups in total. The van der Waals surface area contributed by atoms with Crippen molar-refractivity contribution in [2.75, 3.05) is 0 Å². The van der Waals surface area contributed by atoms with Crippen LogP contribution in [-0.4, -0.2) is 19.5 Å². The van der Waals surface area contributed by atoms with Crippen LogP contribution in [0, 0.1) is 0 Å². The minimum atomic E-state index is 0.558. The summed E-state index contributed by atoms with van der Waals surface area (Å²) in [6.45, 7) is 0. The van der Waals surface area contributed by atoms with E-state index >= 15 is 0 Å². The Morgan fingerprint density at radius 1 is 0.340 bits per heavy atom. The number of furan rings is 1. The lowest BCUT2D eigenvalue weighted by Gasteiger charge is -2.11. The van der Waals surface area contributed by atoms with E-state index in [1.807, 2.05) is 48.5 Å². The molecule has 5 heteroatoms. The molecular formula is C45H28N4O. The first-order valence-electron chi connectivity index (χ1n) is 16.7. The van der Waals surface area contributed by atoms with Gasteiger partial charge in [0.05, 0.1) is 11.0 Å². The second kappa shape index (κ2) is 11.4. The Kier molecular flexibility index (Phi) is 6.42. The molecule has 0 atom stereocenters. The van der Waals surface area contributed by atoms with Crippen molar-refractivity contribution in [3.05, 3.63) is 170 Å². The van der Waals surface area contributed by atoms with E-state index in [2.05, 4.69) is 126 Å². The lowest BCUT2D eigenvalue weighted by molar-refractivity contribution is 0.669. The predicted octanol–water partition coefficient (Wildman–Crippen LogP) is 11.5. The Balaban J connectivity index is 1.18. The normalized spacial score (nSPS) is 11.6. The fraction of sp³-hybridized carbons (Fsp3) is 0. The van der Waals surface area contributed by atoms with E-state index in [0.29, 0.717) is 17.6 Å². The van der Waals surface area contributed by atoms with Crippen LogP contribution in [-0.2, 0) is 0 Å². The minimum Gasteiger partial charge on any atom is -0.456 e. The van der Waals surface area contributed by atoms with Gasteiger partial charge < -0.3 is 4.42 Å². The van der Waals surface area contributed by atoms with Crippen molar-refractivity contribution in [2.45, 2.75) is 0 Å². The van der Waals surface area contributed by atoms with Crippen LogP contribution in [0.15, 0.2) is 174 Å². The summed E-state index contributed by atoms with van der Waals surface area (Å²) in [5.74, 6) is 1.74. The highest BCUT2D eigenvalue weighted by molar-refractivity contribution is 6.10. The summed E-state index contributed by atoms with van der Waals surface area (Å²) in [7, 11) is 0. The summed E-state index contributed by atoms with van der Waals surface area (Å²) in [4.78, 5) is 15.4. The number of nitrogens with zero attached hydrogens (tertiary/aromatic N) is 4. The van der Waals surface area contributed by atoms with Crippen molar-refractivity contribution < 1.29 is 4.42 Å². The summed E-state index contributed by atoms with van der Waals surface area (Å²) in [5.41, 5.74) is 10.1. The molecule has 0 spiro atoms. The molecule has 10 aromatic rings. The lowest BCUT2D eigenvalue weighted by atomic mass is 10.0. The zero-order valence-electron chi connectivity index (χ0n) is 26.9. The van der Waals surface area contributed by atoms with Gasteiger partial charge in [-0.15, -0.1) is 0 Å². The second-order valence-corrected chi connectivity index (χ2v) is 12.5. The van der Waals surface area contributed by atoms with Crippen molar-refractivity contribution in [3.8, 4) is 51.0 Å². The van der Waals surface area contributed by atoms with Gasteiger partial charge in [-0.05, 0) is 58.7 Å². The Morgan fingerprint density at radius 3 is 1.64 bits per heavy atom. The number of fused-ring (bicyclic) bond motifs is 6. The van der Waals surface area contributed by atoms with Crippen LogP contribution in [0.5, 0.6) is 0 Å². The van der Waals surface area contributed by atoms with Crippen molar-refractivity contribution in [1.82, 2.24) is 19.5 Å². The van der Waals surface area contributed by atoms with E-state index < -0.39 is 0 Å². The molecule has 5 nitrogen and oxygen atoms in total. The average Bonchev–Trinajstić information content (AvgIpc) is 3.73. The smallest absolute Gasteiger partial charge is 0.238 e. The molecule has 0 saturated carbocycles. The molecule has 0 aliphatic heterocycles. The first kappa shape index (κ1) is 28.2. The van der Waals surface area contributed by atoms with E-state index in [9.17, 15) is 0 Å². The van der Waals surface area contributed by atoms with Crippen LogP contribution in [0.4, 0.5) is 0 Å². The number of rotatable bonds is 5. The van der Waals surface area contributed by atoms with Crippen LogP contribution in [0.3, 0.4) is 0 Å². The van der Waals surface area contributed by atoms with Gasteiger partial charge in [-0.1, -0.05) is 133 Å². The molecule has 0 aliphatic carbocycles. The van der Waals surface area contributed by atoms with Gasteiger partial charge in [0, 0.05) is 32.7 Å². The molecule has 10 rings (SSSR count). The summed E-state index contributed by atoms with van der Waals surface area (Å²) in [6, 6.07) is 58.7. The number of hydrogen-bond acceptors (Lipinski definition) is 4. The number of aromatic nitrogens is 4. The molecule has 0 unspecified atom stereocenters. The second-order valence-electron chi connectivity index (χ2n) is 12.5. The first-order chi connectivity index (χ1) is 24.8. The van der Waals surface area contributed by atoms with Gasteiger partial charge in [0.2, 0.25) is 5.95 Å². The summed E-state index contributed by atoms with van der Waals surface area (Å²) < 4.78 is 8.58. The molecule has 50 heavy (non-hydrogen) atoms. The molecule has 3 aromatic heterocycles. The third-order valence-electron chi connectivity index (χ3n) is 9.47. The van der Waals surface area contributed by atoms with Gasteiger partial charge in [-0.25, -0.2) is 4.98 Å². The van der Waals surface area contributed by atoms with Gasteiger partial charge in [-0.2, -0.15) is 9.97 Å². The maximum atomic E-state index is 6.42. The molecule has 0 saturated heterocycles. The molecule has 234 valence electrons. The maximum absolute atomic E-state index is 6.42. The van der Waals surface area contributed by atoms with Crippen molar-refractivity contribution in [2.24, 2.45) is 0 Å². The molecule has 0 amide bonds. The van der Waals surface area contributed by atoms with E-state index in [4.69, 9.17) is 19.4 Å². The van der Waals surface area contributed by atoms with Gasteiger partial charge in [0.15, 0.2) is 11.6 Å². The van der Waals surface area contributed by atoms with E-state index in [1.54, 1.807) is 0 Å². The first-order valence-corrected chi connectivity index (χ1v) is 16.7. The quantitative estimate of drug-likeness (QED) is 0.188. The Labute approximate surface area is 287 Å². The Bertz CT molecular complexity index is 2860. The largest absolute Gasteiger partial charge is 0.456 e. The molecule has 0 bridgehead atoms. The van der Waals surface area contributed by atoms with Crippen LogP contribution >= 0.6 is 0 Å². The van der Waals surface area contributed by atoms with Gasteiger partial charge >= 0.3 is 0 Å². The SMILES string of the molecule is c1ccc(-c2ccc3oc4cc(-c5nc(-c6ccccc6)nc(-n6c7ccccc7c7ccc(-c8ccccc8)cc76)n5)ccc4c3c2)cc1. The highest BCUT2D eigenvalue weighted by Gasteiger charge is 2.19. The zero-order valence-corrected chi connectivity index (χ0v) is 26.9. The highest BCUT2D eigenvalue weighted by atomic mass is 16.3. The molecule has 3 heterocycles. The number of hydrogen-bond donors (Lipinski definition) is 0. The highest BCUT2D eigenvalue weighted by Crippen LogP contribution is 2.37. The number of para-hydroxylation sites is 1. The Morgan fingerprint density at radius 2 is 0.900 bits per heavy atom. The number of benzene rings is 7. The van der Waals surface area contributed by atoms with Crippen LogP contribution in [0.2, 0.25) is 0 Å². The Hall–Kier alpha value is -6.85. The monoisotopic (exact) mass is 640 g/mol. The average molecular weight is 641 g/mol. The van der Waals surface area contributed by atoms with E-state index in [0.717, 1.165) is 71.6 Å². The standard InChI is InChI=1S/C45H28N4O/c1-4-12-29(13-5-1)32-22-25-41-38(26-32)37-24-21-34(28-42(37)50-41)44-46-43(31-16-8-3-9-17-31)47-45(48-44)49-39-19-11-10-18-35(39)36-23-20-33(27-40(36)49)30-14-6-2-7-15-30/h1-28H. The topological polar surface area (TPSA) is 56.7 Å². The molecule has 0 aliphatic rings. The molecule has 0 fully saturated rings. The molecule has 0 radical (unpaired) electrons. The molecular weight excluding hydrogens is 613 g/mol. The van der Waals surface area contributed by atoms with E-state index in [1.165, 1.54) is 5.56 Å². The van der Waals surface area contributed by atoms with E-state index in [-0.39, 0.29) is 0 Å². The van der Waals surface area contributed by atoms with Gasteiger partial charge in [-0.3, -0.25) is 4.57 Å². The summed E-state index contributed by atoms with van der Waals surface area (Å²) in [5, 5.41) is 4.41. The van der Waals surface area contributed by atoms with Crippen LogP contribution < -0.4 is 0 Å². The fourth-order valence-corrected chi connectivity index (χ4v) is 7.03. The van der Waals surface area contributed by atoms with Crippen LogP contribution in [0.25, 0.3) is 94.7 Å². The third-order valence-corrected chi connectivity index (χ3v) is 9.47. The van der Waals surface area contributed by atoms with Crippen molar-refractivity contribution in [3.63, 3.8) is 0 Å². The molecule has 7 aromatic carbocycles. The zero-order chi connectivity index (χ0) is 33.0. The van der Waals surface area contributed by atoms with Gasteiger partial charge in [0.25, 0.3) is 0 Å². The third kappa shape index (κ3) is 4.67. The van der Waals surface area contributed by atoms with Crippen molar-refractivity contribution >= 4 is 43.7 Å². The van der Waals surface area contributed by atoms with Gasteiger partial charge in [0.1, 0.15) is 11.2 Å². The summed E-state index contributed by atoms with van der Waals surface area (Å²) >= 11 is 0. The summed E-state index contributed by atoms with van der Waals surface area (Å²) in [6.07, 6.45) is 0. The maximum Gasteiger partial charge on any atom is 0.238 e. The minimum absolute atomic E-state index is 0.558.